The predicted octanol–water partition coefficient (Wildman–Crippen LogP) is 1.09. The lowest BCUT2D eigenvalue weighted by Gasteiger charge is -2.30. The van der Waals surface area contributed by atoms with E-state index in [1.807, 2.05) is 13.0 Å². The van der Waals surface area contributed by atoms with Gasteiger partial charge in [-0.05, 0) is 26.8 Å². The van der Waals surface area contributed by atoms with Crippen molar-refractivity contribution < 1.29 is 10.2 Å². The molecular weight excluding hydrogens is 204 g/mol. The first-order valence-corrected chi connectivity index (χ1v) is 5.54. The number of hydrogen-bond donors (Lipinski definition) is 2. The lowest BCUT2D eigenvalue weighted by Crippen LogP contribution is -2.34. The molecule has 0 saturated heterocycles. The Morgan fingerprint density at radius 3 is 2.56 bits per heavy atom. The maximum absolute atomic E-state index is 9.28. The zero-order valence-corrected chi connectivity index (χ0v) is 10.1. The van der Waals surface area contributed by atoms with Crippen molar-refractivity contribution in [1.82, 2.24) is 4.98 Å². The molecule has 0 fully saturated rings. The van der Waals surface area contributed by atoms with Gasteiger partial charge in [0.05, 0.1) is 13.2 Å². The fraction of sp³-hybridized carbons (Fsp3) is 0.583. The highest BCUT2D eigenvalue weighted by Crippen LogP contribution is 2.22. The van der Waals surface area contributed by atoms with Crippen molar-refractivity contribution in [1.29, 1.82) is 0 Å². The summed E-state index contributed by atoms with van der Waals surface area (Å²) in [6, 6.07) is 2.22. The maximum atomic E-state index is 9.28. The first-order chi connectivity index (χ1) is 7.60. The molecule has 1 rings (SSSR count). The summed E-state index contributed by atoms with van der Waals surface area (Å²) in [5.74, 6) is 0. The zero-order valence-electron chi connectivity index (χ0n) is 10.1. The van der Waals surface area contributed by atoms with Crippen molar-refractivity contribution in [3.05, 3.63) is 23.5 Å². The number of nitrogens with zero attached hydrogens (tertiary/aromatic N) is 2. The van der Waals surface area contributed by atoms with E-state index in [-0.39, 0.29) is 19.3 Å². The Kier molecular flexibility index (Phi) is 4.71. The van der Waals surface area contributed by atoms with E-state index < -0.39 is 0 Å². The molecule has 0 aliphatic carbocycles. The van der Waals surface area contributed by atoms with E-state index in [2.05, 4.69) is 23.7 Å². The van der Waals surface area contributed by atoms with Crippen LogP contribution in [0.3, 0.4) is 0 Å². The van der Waals surface area contributed by atoms with E-state index >= 15 is 0 Å². The van der Waals surface area contributed by atoms with Gasteiger partial charge in [0.2, 0.25) is 0 Å². The summed E-state index contributed by atoms with van der Waals surface area (Å²) >= 11 is 0. The van der Waals surface area contributed by atoms with Gasteiger partial charge >= 0.3 is 0 Å². The Labute approximate surface area is 96.6 Å². The number of rotatable bonds is 5. The summed E-state index contributed by atoms with van der Waals surface area (Å²) in [4.78, 5) is 6.23. The number of aryl methyl sites for hydroxylation is 1. The summed E-state index contributed by atoms with van der Waals surface area (Å²) in [7, 11) is 0. The Balaban J connectivity index is 3.10. The molecule has 4 nitrogen and oxygen atoms in total. The highest BCUT2D eigenvalue weighted by Gasteiger charge is 2.14. The summed E-state index contributed by atoms with van der Waals surface area (Å²) in [6.07, 6.45) is 1.69. The number of anilines is 1. The van der Waals surface area contributed by atoms with Crippen LogP contribution in [0.25, 0.3) is 0 Å². The van der Waals surface area contributed by atoms with E-state index in [1.165, 1.54) is 0 Å². The number of pyridine rings is 1. The molecule has 16 heavy (non-hydrogen) atoms. The Morgan fingerprint density at radius 1 is 1.38 bits per heavy atom. The van der Waals surface area contributed by atoms with Gasteiger partial charge in [0.1, 0.15) is 0 Å². The SMILES string of the molecule is Cc1cc(N(CCO)C(C)C)c(CO)cn1. The van der Waals surface area contributed by atoms with Gasteiger partial charge in [0.25, 0.3) is 0 Å². The van der Waals surface area contributed by atoms with Gasteiger partial charge in [-0.15, -0.1) is 0 Å². The van der Waals surface area contributed by atoms with Crippen LogP contribution in [0.5, 0.6) is 0 Å². The largest absolute Gasteiger partial charge is 0.395 e. The maximum Gasteiger partial charge on any atom is 0.0717 e. The average molecular weight is 224 g/mol. The van der Waals surface area contributed by atoms with E-state index in [0.29, 0.717) is 6.54 Å². The molecule has 1 aromatic heterocycles. The molecule has 0 aromatic carbocycles. The third kappa shape index (κ3) is 2.93. The molecule has 0 amide bonds. The first-order valence-electron chi connectivity index (χ1n) is 5.54. The smallest absolute Gasteiger partial charge is 0.0717 e. The molecule has 90 valence electrons. The summed E-state index contributed by atoms with van der Waals surface area (Å²) in [5, 5.41) is 18.3. The second kappa shape index (κ2) is 5.82. The van der Waals surface area contributed by atoms with Gasteiger partial charge < -0.3 is 15.1 Å². The van der Waals surface area contributed by atoms with Gasteiger partial charge in [-0.3, -0.25) is 4.98 Å². The van der Waals surface area contributed by atoms with E-state index in [1.54, 1.807) is 6.20 Å². The molecule has 0 aliphatic heterocycles. The van der Waals surface area contributed by atoms with Crippen LogP contribution in [0.2, 0.25) is 0 Å². The highest BCUT2D eigenvalue weighted by atomic mass is 16.3. The van der Waals surface area contributed by atoms with Crippen molar-refractivity contribution in [2.75, 3.05) is 18.1 Å². The molecule has 0 atom stereocenters. The fourth-order valence-electron chi connectivity index (χ4n) is 1.73. The van der Waals surface area contributed by atoms with Crippen LogP contribution in [0.4, 0.5) is 5.69 Å². The van der Waals surface area contributed by atoms with E-state index in [0.717, 1.165) is 16.9 Å². The minimum atomic E-state index is -0.0305. The van der Waals surface area contributed by atoms with Crippen LogP contribution in [-0.2, 0) is 6.61 Å². The molecule has 0 saturated carbocycles. The van der Waals surface area contributed by atoms with Crippen molar-refractivity contribution in [2.24, 2.45) is 0 Å². The summed E-state index contributed by atoms with van der Waals surface area (Å²) in [6.45, 7) is 6.68. The molecule has 1 heterocycles. The van der Waals surface area contributed by atoms with Crippen LogP contribution in [0.1, 0.15) is 25.1 Å². The predicted molar refractivity (Wildman–Crippen MR) is 64.5 cm³/mol. The van der Waals surface area contributed by atoms with Gasteiger partial charge in [-0.2, -0.15) is 0 Å². The Bertz CT molecular complexity index is 340. The summed E-state index contributed by atoms with van der Waals surface area (Å²) in [5.41, 5.74) is 2.67. The lowest BCUT2D eigenvalue weighted by atomic mass is 10.1. The molecule has 0 bridgehead atoms. The molecule has 4 heteroatoms. The second-order valence-corrected chi connectivity index (χ2v) is 4.12. The molecule has 0 aliphatic rings. The summed E-state index contributed by atoms with van der Waals surface area (Å²) < 4.78 is 0. The third-order valence-corrected chi connectivity index (χ3v) is 2.54. The molecule has 0 spiro atoms. The van der Waals surface area contributed by atoms with Crippen LogP contribution in [0, 0.1) is 6.92 Å². The molecule has 0 unspecified atom stereocenters. The van der Waals surface area contributed by atoms with Crippen LogP contribution in [0.15, 0.2) is 12.3 Å². The number of aliphatic hydroxyl groups excluding tert-OH is 2. The number of aliphatic hydroxyl groups is 2. The van der Waals surface area contributed by atoms with Crippen LogP contribution in [-0.4, -0.2) is 34.4 Å². The second-order valence-electron chi connectivity index (χ2n) is 4.12. The normalized spacial score (nSPS) is 10.9. The van der Waals surface area contributed by atoms with Gasteiger partial charge in [0.15, 0.2) is 0 Å². The van der Waals surface area contributed by atoms with E-state index in [4.69, 9.17) is 5.11 Å². The standard InChI is InChI=1S/C12H20N2O2/c1-9(2)14(4-5-15)12-6-10(3)13-7-11(12)8-16/h6-7,9,15-16H,4-5,8H2,1-3H3. The zero-order chi connectivity index (χ0) is 12.1. The monoisotopic (exact) mass is 224 g/mol. The van der Waals surface area contributed by atoms with Crippen LogP contribution >= 0.6 is 0 Å². The van der Waals surface area contributed by atoms with Crippen LogP contribution < -0.4 is 4.90 Å². The molecule has 0 radical (unpaired) electrons. The first kappa shape index (κ1) is 12.9. The minimum Gasteiger partial charge on any atom is -0.395 e. The molecule has 1 aromatic rings. The topological polar surface area (TPSA) is 56.6 Å². The van der Waals surface area contributed by atoms with Gasteiger partial charge in [0, 0.05) is 35.7 Å². The Hall–Kier alpha value is -1.13. The van der Waals surface area contributed by atoms with Crippen molar-refractivity contribution in [3.63, 3.8) is 0 Å². The van der Waals surface area contributed by atoms with Crippen molar-refractivity contribution in [3.8, 4) is 0 Å². The minimum absolute atomic E-state index is 0.0305. The quantitative estimate of drug-likeness (QED) is 0.786. The Morgan fingerprint density at radius 2 is 2.06 bits per heavy atom. The fourth-order valence-corrected chi connectivity index (χ4v) is 1.73. The van der Waals surface area contributed by atoms with E-state index in [9.17, 15) is 5.11 Å². The van der Waals surface area contributed by atoms with Crippen molar-refractivity contribution >= 4 is 5.69 Å². The number of aromatic nitrogens is 1. The van der Waals surface area contributed by atoms with Gasteiger partial charge in [-0.25, -0.2) is 0 Å². The van der Waals surface area contributed by atoms with Crippen molar-refractivity contribution in [2.45, 2.75) is 33.4 Å². The third-order valence-electron chi connectivity index (χ3n) is 2.54. The molecule has 2 N–H and O–H groups in total. The molecular formula is C12H20N2O2. The van der Waals surface area contributed by atoms with Gasteiger partial charge in [-0.1, -0.05) is 0 Å². The average Bonchev–Trinajstić information content (AvgIpc) is 2.25. The number of hydrogen-bond acceptors (Lipinski definition) is 4. The lowest BCUT2D eigenvalue weighted by molar-refractivity contribution is 0.279. The highest BCUT2D eigenvalue weighted by molar-refractivity contribution is 5.54.